The molecule has 1 amide bonds. The van der Waals surface area contributed by atoms with Crippen LogP contribution in [0, 0.1) is 6.92 Å². The highest BCUT2D eigenvalue weighted by Gasteiger charge is 2.12. The molecule has 5 heteroatoms. The molecule has 0 atom stereocenters. The largest absolute Gasteiger partial charge is 0.301 e. The van der Waals surface area contributed by atoms with E-state index in [1.54, 1.807) is 30.1 Å². The predicted molar refractivity (Wildman–Crippen MR) is 61.2 cm³/mol. The van der Waals surface area contributed by atoms with Gasteiger partial charge in [0.1, 0.15) is 0 Å². The van der Waals surface area contributed by atoms with Crippen molar-refractivity contribution in [2.24, 2.45) is 4.99 Å². The third kappa shape index (κ3) is 2.56. The molecule has 0 aliphatic carbocycles. The Morgan fingerprint density at radius 1 is 1.60 bits per heavy atom. The smallest absolute Gasteiger partial charge is 0.257 e. The first-order chi connectivity index (χ1) is 7.25. The molecule has 4 nitrogen and oxygen atoms in total. The zero-order valence-electron chi connectivity index (χ0n) is 8.36. The number of aryl methyl sites for hydroxylation is 1. The zero-order valence-corrected chi connectivity index (χ0v) is 9.17. The van der Waals surface area contributed by atoms with Crippen molar-refractivity contribution < 1.29 is 4.79 Å². The van der Waals surface area contributed by atoms with Crippen LogP contribution < -0.4 is 5.32 Å². The van der Waals surface area contributed by atoms with Crippen molar-refractivity contribution in [3.8, 4) is 0 Å². The van der Waals surface area contributed by atoms with Crippen LogP contribution in [0.25, 0.3) is 0 Å². The number of amides is 1. The second-order valence-electron chi connectivity index (χ2n) is 3.18. The minimum absolute atomic E-state index is 0.117. The monoisotopic (exact) mass is 221 g/mol. The number of carbonyl (C=O) groups excluding carboxylic acids is 1. The van der Waals surface area contributed by atoms with Crippen LogP contribution in [-0.2, 0) is 0 Å². The van der Waals surface area contributed by atoms with Crippen LogP contribution in [0.15, 0.2) is 23.3 Å². The summed E-state index contributed by atoms with van der Waals surface area (Å²) in [6.07, 6.45) is 1.63. The van der Waals surface area contributed by atoms with E-state index in [-0.39, 0.29) is 5.91 Å². The Balaban J connectivity index is 2.07. The van der Waals surface area contributed by atoms with Gasteiger partial charge in [0, 0.05) is 23.2 Å². The molecule has 1 N–H and O–H groups in total. The number of nitrogens with one attached hydrogen (secondary N) is 1. The van der Waals surface area contributed by atoms with Gasteiger partial charge in [-0.1, -0.05) is 11.8 Å². The van der Waals surface area contributed by atoms with Gasteiger partial charge < -0.3 is 5.32 Å². The van der Waals surface area contributed by atoms with E-state index in [1.165, 1.54) is 0 Å². The summed E-state index contributed by atoms with van der Waals surface area (Å²) >= 11 is 1.57. The highest BCUT2D eigenvalue weighted by atomic mass is 32.2. The van der Waals surface area contributed by atoms with Gasteiger partial charge in [0.2, 0.25) is 0 Å². The second kappa shape index (κ2) is 4.44. The number of aliphatic imine (C=N–C) groups is 1. The van der Waals surface area contributed by atoms with Crippen LogP contribution in [0.5, 0.6) is 0 Å². The molecule has 2 heterocycles. The first-order valence-corrected chi connectivity index (χ1v) is 5.65. The summed E-state index contributed by atoms with van der Waals surface area (Å²) in [7, 11) is 0. The summed E-state index contributed by atoms with van der Waals surface area (Å²) in [5.74, 6) is 0.832. The van der Waals surface area contributed by atoms with Crippen LogP contribution in [0.4, 0.5) is 0 Å². The van der Waals surface area contributed by atoms with Gasteiger partial charge in [-0.3, -0.25) is 14.8 Å². The molecule has 0 aromatic carbocycles. The molecule has 1 aliphatic heterocycles. The lowest BCUT2D eigenvalue weighted by Gasteiger charge is -2.03. The number of rotatable bonds is 1. The summed E-state index contributed by atoms with van der Waals surface area (Å²) in [5.41, 5.74) is 1.46. The summed E-state index contributed by atoms with van der Waals surface area (Å²) < 4.78 is 0. The topological polar surface area (TPSA) is 54.4 Å². The maximum Gasteiger partial charge on any atom is 0.257 e. The van der Waals surface area contributed by atoms with Crippen molar-refractivity contribution in [1.82, 2.24) is 10.3 Å². The lowest BCUT2D eigenvalue weighted by Crippen LogP contribution is -2.27. The molecule has 78 valence electrons. The van der Waals surface area contributed by atoms with E-state index in [4.69, 9.17) is 0 Å². The van der Waals surface area contributed by atoms with Crippen molar-refractivity contribution in [2.75, 3.05) is 12.3 Å². The van der Waals surface area contributed by atoms with E-state index in [2.05, 4.69) is 15.3 Å². The molecule has 0 saturated carbocycles. The SMILES string of the molecule is Cc1cc(C(=O)NC2=NCCS2)ccn1. The number of pyridine rings is 1. The van der Waals surface area contributed by atoms with Crippen molar-refractivity contribution in [3.05, 3.63) is 29.6 Å². The van der Waals surface area contributed by atoms with Gasteiger partial charge in [0.05, 0.1) is 6.54 Å². The first-order valence-electron chi connectivity index (χ1n) is 4.67. The van der Waals surface area contributed by atoms with Gasteiger partial charge in [0.25, 0.3) is 5.91 Å². The van der Waals surface area contributed by atoms with Crippen LogP contribution >= 0.6 is 11.8 Å². The van der Waals surface area contributed by atoms with Gasteiger partial charge >= 0.3 is 0 Å². The van der Waals surface area contributed by atoms with Gasteiger partial charge in [-0.2, -0.15) is 0 Å². The predicted octanol–water partition coefficient (Wildman–Crippen LogP) is 1.22. The third-order valence-corrected chi connectivity index (χ3v) is 2.86. The van der Waals surface area contributed by atoms with Gasteiger partial charge in [-0.25, -0.2) is 0 Å². The van der Waals surface area contributed by atoms with Crippen molar-refractivity contribution in [1.29, 1.82) is 0 Å². The van der Waals surface area contributed by atoms with E-state index in [1.807, 2.05) is 6.92 Å². The molecule has 0 spiro atoms. The fourth-order valence-electron chi connectivity index (χ4n) is 1.27. The van der Waals surface area contributed by atoms with E-state index in [9.17, 15) is 4.79 Å². The molecule has 0 bridgehead atoms. The average Bonchev–Trinajstić information content (AvgIpc) is 2.70. The van der Waals surface area contributed by atoms with E-state index >= 15 is 0 Å². The highest BCUT2D eigenvalue weighted by Crippen LogP contribution is 2.10. The minimum Gasteiger partial charge on any atom is -0.301 e. The molecule has 15 heavy (non-hydrogen) atoms. The molecule has 1 aromatic rings. The standard InChI is InChI=1S/C10H11N3OS/c1-7-6-8(2-3-11-7)9(14)13-10-12-4-5-15-10/h2-3,6H,4-5H2,1H3,(H,12,13,14). The molecule has 2 rings (SSSR count). The van der Waals surface area contributed by atoms with Gasteiger partial charge in [0.15, 0.2) is 5.17 Å². The first kappa shape index (κ1) is 10.2. The summed E-state index contributed by atoms with van der Waals surface area (Å²) in [6, 6.07) is 3.46. The van der Waals surface area contributed by atoms with E-state index in [0.29, 0.717) is 5.56 Å². The Bertz CT molecular complexity index is 417. The van der Waals surface area contributed by atoms with Crippen molar-refractivity contribution in [2.45, 2.75) is 6.92 Å². The highest BCUT2D eigenvalue weighted by molar-refractivity contribution is 8.14. The lowest BCUT2D eigenvalue weighted by molar-refractivity contribution is 0.0978. The molecule has 0 saturated heterocycles. The molecule has 0 fully saturated rings. The van der Waals surface area contributed by atoms with E-state index < -0.39 is 0 Å². The maximum atomic E-state index is 11.7. The number of carbonyl (C=O) groups is 1. The fraction of sp³-hybridized carbons (Fsp3) is 0.300. The number of nitrogens with zero attached hydrogens (tertiary/aromatic N) is 2. The van der Waals surface area contributed by atoms with Gasteiger partial charge in [-0.05, 0) is 19.1 Å². The van der Waals surface area contributed by atoms with Crippen LogP contribution in [0.1, 0.15) is 16.1 Å². The van der Waals surface area contributed by atoms with Gasteiger partial charge in [-0.15, -0.1) is 0 Å². The fourth-order valence-corrected chi connectivity index (χ4v) is 1.99. The van der Waals surface area contributed by atoms with Crippen molar-refractivity contribution in [3.63, 3.8) is 0 Å². The summed E-state index contributed by atoms with van der Waals surface area (Å²) in [5, 5.41) is 3.49. The molecular weight excluding hydrogens is 210 g/mol. The Morgan fingerprint density at radius 3 is 3.13 bits per heavy atom. The number of hydrogen-bond acceptors (Lipinski definition) is 4. The quantitative estimate of drug-likeness (QED) is 0.775. The number of hydrogen-bond donors (Lipinski definition) is 1. The second-order valence-corrected chi connectivity index (χ2v) is 4.26. The lowest BCUT2D eigenvalue weighted by atomic mass is 10.2. The van der Waals surface area contributed by atoms with Crippen LogP contribution in [0.2, 0.25) is 0 Å². The normalized spacial score (nSPS) is 14.9. The Labute approximate surface area is 92.2 Å². The Morgan fingerprint density at radius 2 is 2.47 bits per heavy atom. The minimum atomic E-state index is -0.117. The van der Waals surface area contributed by atoms with E-state index in [0.717, 1.165) is 23.2 Å². The van der Waals surface area contributed by atoms with Crippen LogP contribution in [0.3, 0.4) is 0 Å². The molecule has 1 aliphatic rings. The van der Waals surface area contributed by atoms with Crippen molar-refractivity contribution >= 4 is 22.8 Å². The van der Waals surface area contributed by atoms with Crippen LogP contribution in [-0.4, -0.2) is 28.4 Å². The number of aromatic nitrogens is 1. The molecule has 0 radical (unpaired) electrons. The maximum absolute atomic E-state index is 11.7. The third-order valence-electron chi connectivity index (χ3n) is 1.96. The number of thioether (sulfide) groups is 1. The number of amidine groups is 1. The summed E-state index contributed by atoms with van der Waals surface area (Å²) in [6.45, 7) is 2.65. The Hall–Kier alpha value is -1.36. The molecule has 0 unspecified atom stereocenters. The average molecular weight is 221 g/mol. The molecule has 1 aromatic heterocycles. The Kier molecular flexibility index (Phi) is 3.01. The summed E-state index contributed by atoms with van der Waals surface area (Å²) in [4.78, 5) is 19.9. The zero-order chi connectivity index (χ0) is 10.7. The molecular formula is C10H11N3OS.